The third kappa shape index (κ3) is 3.13. The Morgan fingerprint density at radius 2 is 1.95 bits per heavy atom. The van der Waals surface area contributed by atoms with E-state index in [1.807, 2.05) is 13.2 Å². The second-order valence-corrected chi connectivity index (χ2v) is 5.77. The fourth-order valence-electron chi connectivity index (χ4n) is 2.46. The van der Waals surface area contributed by atoms with Gasteiger partial charge in [0, 0.05) is 6.54 Å². The van der Waals surface area contributed by atoms with Crippen LogP contribution in [0.1, 0.15) is 43.1 Å². The molecule has 0 bridgehead atoms. The van der Waals surface area contributed by atoms with Crippen LogP contribution in [0.15, 0.2) is 34.9 Å². The first kappa shape index (κ1) is 15.3. The Balaban J connectivity index is 2.38. The molecule has 0 aliphatic rings. The minimum atomic E-state index is 0.157. The molecule has 20 heavy (non-hydrogen) atoms. The summed E-state index contributed by atoms with van der Waals surface area (Å²) in [4.78, 5) is 0. The average Bonchev–Trinajstić information content (AvgIpc) is 2.83. The molecular formula is C16H22BrN3. The van der Waals surface area contributed by atoms with Gasteiger partial charge < -0.3 is 5.32 Å². The van der Waals surface area contributed by atoms with Crippen LogP contribution in [-0.2, 0) is 13.0 Å². The van der Waals surface area contributed by atoms with Crippen LogP contribution in [0.25, 0.3) is 0 Å². The second kappa shape index (κ2) is 7.04. The van der Waals surface area contributed by atoms with Crippen molar-refractivity contribution in [3.05, 3.63) is 51.8 Å². The van der Waals surface area contributed by atoms with Gasteiger partial charge in [0.05, 0.1) is 22.4 Å². The van der Waals surface area contributed by atoms with Crippen LogP contribution in [0.4, 0.5) is 0 Å². The molecule has 1 unspecified atom stereocenters. The van der Waals surface area contributed by atoms with E-state index in [-0.39, 0.29) is 6.04 Å². The van der Waals surface area contributed by atoms with Gasteiger partial charge in [-0.1, -0.05) is 38.1 Å². The Morgan fingerprint density at radius 3 is 2.50 bits per heavy atom. The van der Waals surface area contributed by atoms with Crippen molar-refractivity contribution in [1.82, 2.24) is 15.1 Å². The Labute approximate surface area is 129 Å². The monoisotopic (exact) mass is 335 g/mol. The Bertz CT molecular complexity index is 545. The lowest BCUT2D eigenvalue weighted by molar-refractivity contribution is 0.533. The molecule has 0 fully saturated rings. The van der Waals surface area contributed by atoms with Gasteiger partial charge in [0.2, 0.25) is 0 Å². The number of nitrogens with one attached hydrogen (secondary N) is 1. The van der Waals surface area contributed by atoms with Crippen molar-refractivity contribution in [3.63, 3.8) is 0 Å². The number of aryl methyl sites for hydroxylation is 2. The molecule has 0 aliphatic carbocycles. The molecule has 2 rings (SSSR count). The quantitative estimate of drug-likeness (QED) is 0.866. The fraction of sp³-hybridized carbons (Fsp3) is 0.438. The van der Waals surface area contributed by atoms with E-state index in [1.54, 1.807) is 0 Å². The third-order valence-corrected chi connectivity index (χ3v) is 4.16. The highest BCUT2D eigenvalue weighted by molar-refractivity contribution is 9.10. The van der Waals surface area contributed by atoms with Gasteiger partial charge in [-0.25, -0.2) is 0 Å². The largest absolute Gasteiger partial charge is 0.308 e. The molecule has 1 N–H and O–H groups in total. The molecular weight excluding hydrogens is 314 g/mol. The van der Waals surface area contributed by atoms with Crippen molar-refractivity contribution in [2.24, 2.45) is 0 Å². The highest BCUT2D eigenvalue weighted by Crippen LogP contribution is 2.28. The summed E-state index contributed by atoms with van der Waals surface area (Å²) in [5, 5.41) is 7.87. The molecule has 108 valence electrons. The SMILES string of the molecule is CCCn1ncc(Br)c1C(NC)c1ccc(CC)cc1. The number of aromatic nitrogens is 2. The molecule has 1 atom stereocenters. The van der Waals surface area contributed by atoms with E-state index < -0.39 is 0 Å². The number of nitrogens with zero attached hydrogens (tertiary/aromatic N) is 2. The summed E-state index contributed by atoms with van der Waals surface area (Å²) in [5.41, 5.74) is 3.83. The van der Waals surface area contributed by atoms with E-state index in [9.17, 15) is 0 Å². The van der Waals surface area contributed by atoms with Crippen molar-refractivity contribution in [3.8, 4) is 0 Å². The summed E-state index contributed by atoms with van der Waals surface area (Å²) in [6.07, 6.45) is 4.03. The predicted octanol–water partition coefficient (Wildman–Crippen LogP) is 3.93. The minimum Gasteiger partial charge on any atom is -0.308 e. The highest BCUT2D eigenvalue weighted by Gasteiger charge is 2.20. The maximum Gasteiger partial charge on any atom is 0.0757 e. The molecule has 0 spiro atoms. The standard InChI is InChI=1S/C16H22BrN3/c1-4-10-20-16(14(17)11-19-20)15(18-3)13-8-6-12(5-2)7-9-13/h6-9,11,15,18H,4-5,10H2,1-3H3. The average molecular weight is 336 g/mol. The van der Waals surface area contributed by atoms with Gasteiger partial charge in [0.15, 0.2) is 0 Å². The first-order valence-corrected chi connectivity index (χ1v) is 7.97. The lowest BCUT2D eigenvalue weighted by Crippen LogP contribution is -2.22. The van der Waals surface area contributed by atoms with Crippen molar-refractivity contribution in [1.29, 1.82) is 0 Å². The number of hydrogen-bond donors (Lipinski definition) is 1. The molecule has 0 saturated heterocycles. The van der Waals surface area contributed by atoms with E-state index in [2.05, 4.69) is 69.1 Å². The smallest absolute Gasteiger partial charge is 0.0757 e. The molecule has 0 radical (unpaired) electrons. The van der Waals surface area contributed by atoms with Gasteiger partial charge in [-0.05, 0) is 46.9 Å². The molecule has 3 nitrogen and oxygen atoms in total. The zero-order valence-corrected chi connectivity index (χ0v) is 13.9. The Kier molecular flexibility index (Phi) is 5.38. The zero-order chi connectivity index (χ0) is 14.5. The van der Waals surface area contributed by atoms with Crippen LogP contribution >= 0.6 is 15.9 Å². The van der Waals surface area contributed by atoms with Gasteiger partial charge in [-0.3, -0.25) is 4.68 Å². The van der Waals surface area contributed by atoms with Crippen molar-refractivity contribution >= 4 is 15.9 Å². The topological polar surface area (TPSA) is 29.9 Å². The summed E-state index contributed by atoms with van der Waals surface area (Å²) in [6.45, 7) is 5.29. The molecule has 1 aromatic carbocycles. The molecule has 0 aliphatic heterocycles. The van der Waals surface area contributed by atoms with Gasteiger partial charge >= 0.3 is 0 Å². The lowest BCUT2D eigenvalue weighted by atomic mass is 10.0. The van der Waals surface area contributed by atoms with Crippen molar-refractivity contribution < 1.29 is 0 Å². The Hall–Kier alpha value is -1.13. The summed E-state index contributed by atoms with van der Waals surface area (Å²) in [5.74, 6) is 0. The van der Waals surface area contributed by atoms with Crippen LogP contribution in [0.5, 0.6) is 0 Å². The van der Waals surface area contributed by atoms with E-state index in [1.165, 1.54) is 16.8 Å². The van der Waals surface area contributed by atoms with E-state index in [0.29, 0.717) is 0 Å². The zero-order valence-electron chi connectivity index (χ0n) is 12.4. The molecule has 1 heterocycles. The number of halogens is 1. The summed E-state index contributed by atoms with van der Waals surface area (Å²) < 4.78 is 3.14. The first-order valence-electron chi connectivity index (χ1n) is 7.18. The second-order valence-electron chi connectivity index (χ2n) is 4.92. The highest BCUT2D eigenvalue weighted by atomic mass is 79.9. The molecule has 0 saturated carbocycles. The van der Waals surface area contributed by atoms with Crippen LogP contribution in [0.2, 0.25) is 0 Å². The summed E-state index contributed by atoms with van der Waals surface area (Å²) in [6, 6.07) is 8.97. The Morgan fingerprint density at radius 1 is 1.25 bits per heavy atom. The predicted molar refractivity (Wildman–Crippen MR) is 86.9 cm³/mol. The van der Waals surface area contributed by atoms with Crippen LogP contribution in [0.3, 0.4) is 0 Å². The maximum atomic E-state index is 4.46. The first-order chi connectivity index (χ1) is 9.71. The van der Waals surface area contributed by atoms with Gasteiger partial charge in [0.25, 0.3) is 0 Å². The number of rotatable bonds is 6. The van der Waals surface area contributed by atoms with Crippen LogP contribution < -0.4 is 5.32 Å². The lowest BCUT2D eigenvalue weighted by Gasteiger charge is -2.19. The normalized spacial score (nSPS) is 12.6. The van der Waals surface area contributed by atoms with E-state index in [4.69, 9.17) is 0 Å². The van der Waals surface area contributed by atoms with Gasteiger partial charge in [-0.2, -0.15) is 5.10 Å². The molecule has 2 aromatic rings. The summed E-state index contributed by atoms with van der Waals surface area (Å²) >= 11 is 3.63. The van der Waals surface area contributed by atoms with Gasteiger partial charge in [0.1, 0.15) is 0 Å². The van der Waals surface area contributed by atoms with Crippen molar-refractivity contribution in [2.45, 2.75) is 39.3 Å². The summed E-state index contributed by atoms with van der Waals surface area (Å²) in [7, 11) is 1.99. The van der Waals surface area contributed by atoms with E-state index >= 15 is 0 Å². The van der Waals surface area contributed by atoms with Crippen LogP contribution in [-0.4, -0.2) is 16.8 Å². The molecule has 4 heteroatoms. The van der Waals surface area contributed by atoms with Gasteiger partial charge in [-0.15, -0.1) is 0 Å². The maximum absolute atomic E-state index is 4.46. The van der Waals surface area contributed by atoms with Crippen LogP contribution in [0, 0.1) is 0 Å². The fourth-order valence-corrected chi connectivity index (χ4v) is 2.98. The molecule has 0 amide bonds. The van der Waals surface area contributed by atoms with E-state index in [0.717, 1.165) is 23.9 Å². The number of benzene rings is 1. The van der Waals surface area contributed by atoms with Crippen molar-refractivity contribution in [2.75, 3.05) is 7.05 Å². The molecule has 1 aromatic heterocycles. The number of hydrogen-bond acceptors (Lipinski definition) is 2. The third-order valence-electron chi connectivity index (χ3n) is 3.55. The minimum absolute atomic E-state index is 0.157.